The number of rotatable bonds is 8. The minimum absolute atomic E-state index is 0.0933. The van der Waals surface area contributed by atoms with Gasteiger partial charge in [0.15, 0.2) is 5.03 Å². The molecule has 0 spiro atoms. The zero-order chi connectivity index (χ0) is 29.6. The summed E-state index contributed by atoms with van der Waals surface area (Å²) < 4.78 is 63.5. The van der Waals surface area contributed by atoms with Gasteiger partial charge in [0.05, 0.1) is 6.04 Å². The lowest BCUT2D eigenvalue weighted by atomic mass is 10.1. The average molecular weight is 558 g/mol. The van der Waals surface area contributed by atoms with Gasteiger partial charge in [-0.3, -0.25) is 9.59 Å². The molecule has 0 unspecified atom stereocenters. The number of nitrogens with zero attached hydrogens (tertiary/aromatic N) is 2. The molecule has 0 aromatic heterocycles. The van der Waals surface area contributed by atoms with Crippen molar-refractivity contribution in [2.75, 3.05) is 13.1 Å². The van der Waals surface area contributed by atoms with E-state index in [0.29, 0.717) is 19.4 Å². The number of aliphatic carboxylic acids is 2. The van der Waals surface area contributed by atoms with Crippen molar-refractivity contribution < 1.29 is 60.8 Å². The number of carbonyl (C=O) groups excluding carboxylic acids is 2. The van der Waals surface area contributed by atoms with Crippen molar-refractivity contribution in [3.05, 3.63) is 10.1 Å². The van der Waals surface area contributed by atoms with E-state index in [4.69, 9.17) is 37.0 Å². The number of hydrogen-bond acceptors (Lipinski definition) is 9. The number of alkyl halides is 6. The van der Waals surface area contributed by atoms with E-state index in [1.165, 1.54) is 0 Å². The van der Waals surface area contributed by atoms with Crippen LogP contribution in [0.4, 0.5) is 26.3 Å². The van der Waals surface area contributed by atoms with E-state index in [9.17, 15) is 46.0 Å². The molecule has 1 fully saturated rings. The smallest absolute Gasteiger partial charge is 0.475 e. The van der Waals surface area contributed by atoms with Gasteiger partial charge in [-0.15, -0.1) is 0 Å². The van der Waals surface area contributed by atoms with Crippen LogP contribution in [-0.2, 0) is 19.2 Å². The molecule has 16 nitrogen and oxygen atoms in total. The van der Waals surface area contributed by atoms with Crippen LogP contribution in [0.5, 0.6) is 0 Å². The summed E-state index contributed by atoms with van der Waals surface area (Å²) >= 11 is 0. The number of hydrogen-bond donors (Lipinski definition) is 8. The van der Waals surface area contributed by atoms with Crippen molar-refractivity contribution in [3.8, 4) is 0 Å². The van der Waals surface area contributed by atoms with Gasteiger partial charge < -0.3 is 38.0 Å². The maximum atomic E-state index is 12.0. The SMILES string of the molecule is NC(=O)[C@H](CCCN=C(N)N[N+](=O)[O-])NC(=O)[C@H]1C[C@H](N)CN1.O=C(O)C(F)(F)F.O=C(O)C(F)(F)F. The molecule has 1 saturated heterocycles. The van der Waals surface area contributed by atoms with Gasteiger partial charge in [-0.25, -0.2) is 24.7 Å². The van der Waals surface area contributed by atoms with Gasteiger partial charge in [0, 0.05) is 19.1 Å². The maximum Gasteiger partial charge on any atom is 0.490 e. The molecule has 1 aliphatic heterocycles. The first-order chi connectivity index (χ1) is 16.7. The zero-order valence-electron chi connectivity index (χ0n) is 18.5. The number of aliphatic imine (C=N–C) groups is 1. The summed E-state index contributed by atoms with van der Waals surface area (Å²) in [7, 11) is 0. The lowest BCUT2D eigenvalue weighted by molar-refractivity contribution is -0.525. The number of primary amides is 1. The highest BCUT2D eigenvalue weighted by atomic mass is 19.4. The Morgan fingerprint density at radius 1 is 1.08 bits per heavy atom. The number of hydrazine groups is 1. The number of carboxylic acids is 2. The summed E-state index contributed by atoms with van der Waals surface area (Å²) in [5, 5.41) is 29.1. The standard InChI is InChI=1S/C11H22N8O4.2C2HF3O2/c12-6-4-8(16-5-6)10(21)17-7(9(13)20)2-1-3-15-11(14)18-19(22)23;2*3-2(4,5)1(6)7/h6-8,16H,1-5,12H2,(H2,13,20)(H,17,21)(H3,14,15,18);2*(H,6,7)/t6-,7-,8+;;/m0../s1. The van der Waals surface area contributed by atoms with Gasteiger partial charge >= 0.3 is 24.3 Å². The number of carboxylic acid groups (broad SMARTS) is 2. The van der Waals surface area contributed by atoms with Gasteiger partial charge in [-0.1, -0.05) is 5.43 Å². The Hall–Kier alpha value is -3.95. The molecule has 0 aromatic carbocycles. The Labute approximate surface area is 202 Å². The predicted octanol–water partition coefficient (Wildman–Crippen LogP) is -2.21. The molecule has 0 bridgehead atoms. The van der Waals surface area contributed by atoms with E-state index in [-0.39, 0.29) is 30.9 Å². The molecule has 1 aliphatic rings. The Morgan fingerprint density at radius 2 is 1.54 bits per heavy atom. The molecule has 0 aromatic rings. The molecule has 22 heteroatoms. The molecule has 0 aliphatic carbocycles. The fraction of sp³-hybridized carbons (Fsp3) is 0.667. The largest absolute Gasteiger partial charge is 0.490 e. The van der Waals surface area contributed by atoms with Crippen LogP contribution in [0.1, 0.15) is 19.3 Å². The molecule has 1 heterocycles. The summed E-state index contributed by atoms with van der Waals surface area (Å²) in [5.41, 5.74) is 17.9. The molecule has 2 amide bonds. The van der Waals surface area contributed by atoms with E-state index in [0.717, 1.165) is 0 Å². The van der Waals surface area contributed by atoms with Crippen LogP contribution < -0.4 is 33.3 Å². The molecule has 1 rings (SSSR count). The van der Waals surface area contributed by atoms with Gasteiger partial charge in [-0.05, 0) is 19.3 Å². The van der Waals surface area contributed by atoms with Crippen LogP contribution in [0.3, 0.4) is 0 Å². The molecular formula is C15H24F6N8O8. The quantitative estimate of drug-likeness (QED) is 0.0393. The van der Waals surface area contributed by atoms with Crippen LogP contribution in [0.15, 0.2) is 4.99 Å². The number of nitrogens with two attached hydrogens (primary N) is 3. The van der Waals surface area contributed by atoms with Gasteiger partial charge in [-0.2, -0.15) is 26.3 Å². The highest BCUT2D eigenvalue weighted by Gasteiger charge is 2.38. The minimum Gasteiger partial charge on any atom is -0.475 e. The van der Waals surface area contributed by atoms with E-state index in [2.05, 4.69) is 15.6 Å². The number of guanidine groups is 1. The van der Waals surface area contributed by atoms with Crippen LogP contribution in [0, 0.1) is 10.1 Å². The van der Waals surface area contributed by atoms with Crippen molar-refractivity contribution in [2.45, 2.75) is 49.7 Å². The third kappa shape index (κ3) is 18.0. The third-order valence-electron chi connectivity index (χ3n) is 3.77. The summed E-state index contributed by atoms with van der Waals surface area (Å²) in [6, 6.07) is -1.38. The normalized spacial score (nSPS) is 18.2. The first-order valence-electron chi connectivity index (χ1n) is 9.58. The zero-order valence-corrected chi connectivity index (χ0v) is 18.5. The van der Waals surface area contributed by atoms with Crippen molar-refractivity contribution in [1.82, 2.24) is 16.1 Å². The van der Waals surface area contributed by atoms with E-state index in [1.807, 2.05) is 0 Å². The summed E-state index contributed by atoms with van der Waals surface area (Å²) in [4.78, 5) is 55.0. The second kappa shape index (κ2) is 15.9. The molecule has 0 saturated carbocycles. The van der Waals surface area contributed by atoms with Crippen molar-refractivity contribution in [3.63, 3.8) is 0 Å². The van der Waals surface area contributed by atoms with Crippen LogP contribution >= 0.6 is 0 Å². The maximum absolute atomic E-state index is 12.0. The molecule has 0 radical (unpaired) electrons. The van der Waals surface area contributed by atoms with Gasteiger partial charge in [0.25, 0.3) is 5.96 Å². The second-order valence-corrected chi connectivity index (χ2v) is 6.80. The monoisotopic (exact) mass is 558 g/mol. The van der Waals surface area contributed by atoms with Crippen LogP contribution in [0.25, 0.3) is 0 Å². The summed E-state index contributed by atoms with van der Waals surface area (Å²) in [6.07, 6.45) is -9.06. The lowest BCUT2D eigenvalue weighted by Crippen LogP contribution is -2.50. The molecule has 37 heavy (non-hydrogen) atoms. The Morgan fingerprint density at radius 3 is 1.86 bits per heavy atom. The number of nitrogens with one attached hydrogen (secondary N) is 3. The first kappa shape index (κ1) is 35.2. The summed E-state index contributed by atoms with van der Waals surface area (Å²) in [6.45, 7) is 0.690. The molecular weight excluding hydrogens is 534 g/mol. The lowest BCUT2D eigenvalue weighted by Gasteiger charge is -2.18. The van der Waals surface area contributed by atoms with Crippen LogP contribution in [0.2, 0.25) is 0 Å². The minimum atomic E-state index is -5.08. The second-order valence-electron chi connectivity index (χ2n) is 6.80. The Balaban J connectivity index is 0. The fourth-order valence-corrected chi connectivity index (χ4v) is 2.14. The fourth-order valence-electron chi connectivity index (χ4n) is 2.14. The number of halogens is 6. The Bertz CT molecular complexity index is 814. The average Bonchev–Trinajstić information content (AvgIpc) is 3.15. The Kier molecular flexibility index (Phi) is 15.2. The topological polar surface area (TPSA) is 278 Å². The first-order valence-corrected chi connectivity index (χ1v) is 9.58. The highest BCUT2D eigenvalue weighted by Crippen LogP contribution is 2.13. The summed E-state index contributed by atoms with van der Waals surface area (Å²) in [5.74, 6) is -6.85. The molecule has 214 valence electrons. The van der Waals surface area contributed by atoms with Crippen LogP contribution in [-0.4, -0.2) is 88.5 Å². The van der Waals surface area contributed by atoms with Crippen molar-refractivity contribution in [2.24, 2.45) is 22.2 Å². The van der Waals surface area contributed by atoms with E-state index < -0.39 is 47.3 Å². The molecule has 3 atom stereocenters. The van der Waals surface area contributed by atoms with E-state index >= 15 is 0 Å². The number of nitro groups is 1. The highest BCUT2D eigenvalue weighted by molar-refractivity contribution is 5.89. The van der Waals surface area contributed by atoms with Gasteiger partial charge in [0.1, 0.15) is 6.04 Å². The number of carbonyl (C=O) groups is 4. The third-order valence-corrected chi connectivity index (χ3v) is 3.77. The number of amides is 2. The van der Waals surface area contributed by atoms with Gasteiger partial charge in [0.2, 0.25) is 11.8 Å². The van der Waals surface area contributed by atoms with Crippen molar-refractivity contribution in [1.29, 1.82) is 0 Å². The molecule has 11 N–H and O–H groups in total. The van der Waals surface area contributed by atoms with E-state index in [1.54, 1.807) is 5.43 Å². The predicted molar refractivity (Wildman–Crippen MR) is 109 cm³/mol. The van der Waals surface area contributed by atoms with Crippen molar-refractivity contribution >= 4 is 29.7 Å².